The first-order valence-corrected chi connectivity index (χ1v) is 8.77. The van der Waals surface area contributed by atoms with Crippen LogP contribution in [0, 0.1) is 17.6 Å². The van der Waals surface area contributed by atoms with Gasteiger partial charge in [-0.25, -0.2) is 8.78 Å². The average molecular weight is 338 g/mol. The molecule has 0 aromatic heterocycles. The third-order valence-corrected chi connectivity index (χ3v) is 4.86. The molecule has 1 amide bonds. The van der Waals surface area contributed by atoms with E-state index >= 15 is 0 Å². The lowest BCUT2D eigenvalue weighted by molar-refractivity contribution is 0.0641. The van der Waals surface area contributed by atoms with Crippen LogP contribution in [0.3, 0.4) is 0 Å². The van der Waals surface area contributed by atoms with Crippen LogP contribution < -0.4 is 10.1 Å². The summed E-state index contributed by atoms with van der Waals surface area (Å²) in [4.78, 5) is 13.5. The van der Waals surface area contributed by atoms with E-state index in [1.807, 2.05) is 0 Å². The Morgan fingerprint density at radius 3 is 2.46 bits per heavy atom. The van der Waals surface area contributed by atoms with Crippen molar-refractivity contribution in [1.82, 2.24) is 10.2 Å². The van der Waals surface area contributed by atoms with Gasteiger partial charge >= 0.3 is 0 Å². The Morgan fingerprint density at radius 2 is 1.88 bits per heavy atom. The number of nitrogens with zero attached hydrogens (tertiary/aromatic N) is 1. The van der Waals surface area contributed by atoms with Crippen LogP contribution >= 0.6 is 0 Å². The minimum atomic E-state index is -0.847. The van der Waals surface area contributed by atoms with Gasteiger partial charge in [0.1, 0.15) is 22.9 Å². The number of amides is 1. The Labute approximate surface area is 141 Å². The predicted octanol–water partition coefficient (Wildman–Crippen LogP) is 2.97. The smallest absolute Gasteiger partial charge is 0.259 e. The highest BCUT2D eigenvalue weighted by molar-refractivity contribution is 5.95. The van der Waals surface area contributed by atoms with Gasteiger partial charge in [-0.2, -0.15) is 0 Å². The van der Waals surface area contributed by atoms with Crippen LogP contribution in [0.5, 0.6) is 5.75 Å². The van der Waals surface area contributed by atoms with E-state index in [0.717, 1.165) is 44.5 Å². The van der Waals surface area contributed by atoms with E-state index < -0.39 is 23.1 Å². The molecular weight excluding hydrogens is 314 g/mol. The summed E-state index contributed by atoms with van der Waals surface area (Å²) in [6, 6.07) is 2.22. The number of carbonyl (C=O) groups is 1. The van der Waals surface area contributed by atoms with E-state index in [4.69, 9.17) is 4.74 Å². The molecular formula is C18H24F2N2O2. The minimum Gasteiger partial charge on any atom is -0.493 e. The van der Waals surface area contributed by atoms with Crippen LogP contribution in [0.2, 0.25) is 0 Å². The van der Waals surface area contributed by atoms with Crippen molar-refractivity contribution in [3.8, 4) is 5.75 Å². The highest BCUT2D eigenvalue weighted by Crippen LogP contribution is 2.24. The van der Waals surface area contributed by atoms with Crippen molar-refractivity contribution in [2.75, 3.05) is 32.8 Å². The lowest BCUT2D eigenvalue weighted by atomic mass is 9.93. The Hall–Kier alpha value is -1.69. The van der Waals surface area contributed by atoms with Crippen LogP contribution in [-0.4, -0.2) is 43.6 Å². The number of carbonyl (C=O) groups excluding carboxylic acids is 1. The fourth-order valence-electron chi connectivity index (χ4n) is 3.25. The Bertz CT molecular complexity index is 561. The third-order valence-electron chi connectivity index (χ3n) is 4.86. The third kappa shape index (κ3) is 4.04. The molecule has 4 nitrogen and oxygen atoms in total. The van der Waals surface area contributed by atoms with Gasteiger partial charge in [0.15, 0.2) is 0 Å². The maximum atomic E-state index is 14.1. The van der Waals surface area contributed by atoms with Crippen LogP contribution in [0.15, 0.2) is 12.1 Å². The number of benzene rings is 1. The summed E-state index contributed by atoms with van der Waals surface area (Å²) in [6.45, 7) is 3.68. The number of likely N-dealkylation sites (tertiary alicyclic amines) is 1. The van der Waals surface area contributed by atoms with Crippen molar-refractivity contribution < 1.29 is 18.3 Å². The van der Waals surface area contributed by atoms with Crippen LogP contribution in [0.25, 0.3) is 0 Å². The minimum absolute atomic E-state index is 0.149. The zero-order valence-electron chi connectivity index (χ0n) is 13.8. The zero-order chi connectivity index (χ0) is 16.9. The first-order valence-electron chi connectivity index (χ1n) is 8.77. The van der Waals surface area contributed by atoms with E-state index in [2.05, 4.69) is 5.32 Å². The molecule has 0 unspecified atom stereocenters. The molecule has 0 atom stereocenters. The zero-order valence-corrected chi connectivity index (χ0v) is 13.8. The number of ether oxygens (including phenoxy) is 1. The van der Waals surface area contributed by atoms with Crippen LogP contribution in [-0.2, 0) is 0 Å². The van der Waals surface area contributed by atoms with Gasteiger partial charge in [-0.3, -0.25) is 4.79 Å². The summed E-state index contributed by atoms with van der Waals surface area (Å²) in [7, 11) is 0. The number of nitrogens with one attached hydrogen (secondary N) is 1. The van der Waals surface area contributed by atoms with Crippen molar-refractivity contribution >= 4 is 5.91 Å². The molecule has 0 spiro atoms. The Kier molecular flexibility index (Phi) is 5.66. The molecule has 2 heterocycles. The molecule has 0 saturated carbocycles. The molecule has 1 aromatic carbocycles. The fraction of sp³-hybridized carbons (Fsp3) is 0.611. The van der Waals surface area contributed by atoms with Crippen molar-refractivity contribution in [3.63, 3.8) is 0 Å². The molecule has 0 radical (unpaired) electrons. The van der Waals surface area contributed by atoms with E-state index in [1.54, 1.807) is 0 Å². The van der Waals surface area contributed by atoms with E-state index in [9.17, 15) is 13.6 Å². The second kappa shape index (κ2) is 7.92. The molecule has 2 fully saturated rings. The summed E-state index contributed by atoms with van der Waals surface area (Å²) in [5.74, 6) is -1.41. The molecule has 1 N–H and O–H groups in total. The quantitative estimate of drug-likeness (QED) is 0.811. The van der Waals surface area contributed by atoms with Gasteiger partial charge in [-0.1, -0.05) is 0 Å². The molecule has 0 aliphatic carbocycles. The molecule has 1 aromatic rings. The maximum Gasteiger partial charge on any atom is 0.259 e. The molecule has 2 aliphatic rings. The SMILES string of the molecule is O=C(c1c(F)cc(OCCCC2CCNCC2)cc1F)N1CCC1. The van der Waals surface area contributed by atoms with Gasteiger partial charge in [-0.05, 0) is 51.1 Å². The monoisotopic (exact) mass is 338 g/mol. The van der Waals surface area contributed by atoms with Gasteiger partial charge in [-0.15, -0.1) is 0 Å². The summed E-state index contributed by atoms with van der Waals surface area (Å²) in [5.41, 5.74) is -0.475. The predicted molar refractivity (Wildman–Crippen MR) is 87.2 cm³/mol. The van der Waals surface area contributed by atoms with Gasteiger partial charge in [0, 0.05) is 25.2 Å². The van der Waals surface area contributed by atoms with Crippen molar-refractivity contribution in [3.05, 3.63) is 29.3 Å². The highest BCUT2D eigenvalue weighted by atomic mass is 19.1. The first kappa shape index (κ1) is 17.1. The van der Waals surface area contributed by atoms with Gasteiger partial charge < -0.3 is 15.0 Å². The molecule has 132 valence electrons. The molecule has 6 heteroatoms. The van der Waals surface area contributed by atoms with Gasteiger partial charge in [0.2, 0.25) is 0 Å². The highest BCUT2D eigenvalue weighted by Gasteiger charge is 2.27. The lowest BCUT2D eigenvalue weighted by Gasteiger charge is -2.31. The average Bonchev–Trinajstić information content (AvgIpc) is 2.50. The topological polar surface area (TPSA) is 41.6 Å². The summed E-state index contributed by atoms with van der Waals surface area (Å²) < 4.78 is 33.7. The second-order valence-corrected chi connectivity index (χ2v) is 6.59. The second-order valence-electron chi connectivity index (χ2n) is 6.59. The summed E-state index contributed by atoms with van der Waals surface area (Å²) in [5, 5.41) is 3.33. The first-order chi connectivity index (χ1) is 11.6. The van der Waals surface area contributed by atoms with E-state index in [1.165, 1.54) is 17.7 Å². The number of hydrogen-bond donors (Lipinski definition) is 1. The maximum absolute atomic E-state index is 14.1. The molecule has 0 bridgehead atoms. The Morgan fingerprint density at radius 1 is 1.21 bits per heavy atom. The molecule has 2 aliphatic heterocycles. The van der Waals surface area contributed by atoms with E-state index in [0.29, 0.717) is 25.6 Å². The van der Waals surface area contributed by atoms with Gasteiger partial charge in [0.05, 0.1) is 6.61 Å². The van der Waals surface area contributed by atoms with Crippen molar-refractivity contribution in [2.45, 2.75) is 32.1 Å². The van der Waals surface area contributed by atoms with E-state index in [-0.39, 0.29) is 5.75 Å². The number of hydrogen-bond acceptors (Lipinski definition) is 3. The van der Waals surface area contributed by atoms with Crippen molar-refractivity contribution in [2.24, 2.45) is 5.92 Å². The molecule has 24 heavy (non-hydrogen) atoms. The Balaban J connectivity index is 1.51. The van der Waals surface area contributed by atoms with Gasteiger partial charge in [0.25, 0.3) is 5.91 Å². The number of halogens is 2. The number of piperidine rings is 1. The molecule has 3 rings (SSSR count). The summed E-state index contributed by atoms with van der Waals surface area (Å²) >= 11 is 0. The normalized spacial score (nSPS) is 18.3. The van der Waals surface area contributed by atoms with Crippen molar-refractivity contribution in [1.29, 1.82) is 0 Å². The standard InChI is InChI=1S/C18H24F2N2O2/c19-15-11-14(24-10-1-3-13-4-6-21-7-5-13)12-16(20)17(15)18(23)22-8-2-9-22/h11-13,21H,1-10H2. The van der Waals surface area contributed by atoms with Crippen LogP contribution in [0.4, 0.5) is 8.78 Å². The largest absolute Gasteiger partial charge is 0.493 e. The lowest BCUT2D eigenvalue weighted by Crippen LogP contribution is -2.42. The molecule has 2 saturated heterocycles. The van der Waals surface area contributed by atoms with Crippen LogP contribution in [0.1, 0.15) is 42.5 Å². The fourth-order valence-corrected chi connectivity index (χ4v) is 3.25. The number of rotatable bonds is 6. The summed E-state index contributed by atoms with van der Waals surface area (Å²) in [6.07, 6.45) is 5.17.